The van der Waals surface area contributed by atoms with Crippen molar-refractivity contribution in [3.05, 3.63) is 109 Å². The summed E-state index contributed by atoms with van der Waals surface area (Å²) in [4.78, 5) is 16.5. The number of hydrogen-bond donors (Lipinski definition) is 2. The van der Waals surface area contributed by atoms with Crippen LogP contribution >= 0.6 is 0 Å². The van der Waals surface area contributed by atoms with Gasteiger partial charge in [0.2, 0.25) is 9.84 Å². The van der Waals surface area contributed by atoms with E-state index in [1.807, 2.05) is 48.5 Å². The maximum absolute atomic E-state index is 13.3. The average molecular weight is 444 g/mol. The second kappa shape index (κ2) is 9.45. The van der Waals surface area contributed by atoms with Crippen LogP contribution < -0.4 is 10.6 Å². The molecule has 0 fully saturated rings. The van der Waals surface area contributed by atoms with E-state index in [4.69, 9.17) is 0 Å². The molecular weight excluding hydrogens is 422 g/mol. The van der Waals surface area contributed by atoms with Gasteiger partial charge in [0.15, 0.2) is 0 Å². The normalized spacial score (nSPS) is 11.0. The van der Waals surface area contributed by atoms with Crippen LogP contribution in [0, 0.1) is 0 Å². The number of nitrogens with one attached hydrogen (secondary N) is 2. The van der Waals surface area contributed by atoms with Gasteiger partial charge in [0.1, 0.15) is 0 Å². The maximum Gasteiger partial charge on any atom is 0.319 e. The predicted octanol–water partition coefficient (Wildman–Crippen LogP) is 4.90. The molecule has 0 radical (unpaired) electrons. The Morgan fingerprint density at radius 1 is 0.781 bits per heavy atom. The number of anilines is 1. The number of amides is 2. The lowest BCUT2D eigenvalue weighted by molar-refractivity contribution is 0.251. The largest absolute Gasteiger partial charge is 0.334 e. The van der Waals surface area contributed by atoms with Crippen molar-refractivity contribution in [1.82, 2.24) is 10.3 Å². The maximum atomic E-state index is 13.3. The lowest BCUT2D eigenvalue weighted by Crippen LogP contribution is -2.28. The molecule has 160 valence electrons. The molecule has 1 heterocycles. The molecule has 4 aromatic rings. The zero-order valence-electron chi connectivity index (χ0n) is 17.1. The van der Waals surface area contributed by atoms with Crippen LogP contribution in [-0.2, 0) is 16.4 Å². The molecule has 0 aliphatic rings. The first kappa shape index (κ1) is 21.3. The van der Waals surface area contributed by atoms with Crippen LogP contribution in [0.3, 0.4) is 0 Å². The van der Waals surface area contributed by atoms with E-state index in [1.54, 1.807) is 42.7 Å². The Morgan fingerprint density at radius 2 is 1.44 bits per heavy atom. The molecule has 32 heavy (non-hydrogen) atoms. The van der Waals surface area contributed by atoms with Gasteiger partial charge in [-0.15, -0.1) is 0 Å². The number of carbonyl (C=O) groups is 1. The summed E-state index contributed by atoms with van der Waals surface area (Å²) < 4.78 is 26.6. The summed E-state index contributed by atoms with van der Waals surface area (Å²) in [6.45, 7) is 0.358. The third-order valence-electron chi connectivity index (χ3n) is 4.89. The first-order chi connectivity index (χ1) is 15.5. The number of urea groups is 1. The summed E-state index contributed by atoms with van der Waals surface area (Å²) in [6.07, 6.45) is 3.31. The summed E-state index contributed by atoms with van der Waals surface area (Å²) in [5.74, 6) is 0. The van der Waals surface area contributed by atoms with Crippen molar-refractivity contribution in [2.75, 3.05) is 5.32 Å². The number of aromatic nitrogens is 1. The van der Waals surface area contributed by atoms with Crippen molar-refractivity contribution in [2.24, 2.45) is 0 Å². The lowest BCUT2D eigenvalue weighted by atomic mass is 10.1. The van der Waals surface area contributed by atoms with E-state index >= 15 is 0 Å². The number of sulfone groups is 1. The molecule has 1 aromatic heterocycles. The molecule has 0 unspecified atom stereocenters. The molecule has 2 N–H and O–H groups in total. The quantitative estimate of drug-likeness (QED) is 0.444. The minimum absolute atomic E-state index is 0.156. The van der Waals surface area contributed by atoms with Crippen LogP contribution in [0.4, 0.5) is 10.5 Å². The fourth-order valence-corrected chi connectivity index (χ4v) is 4.74. The molecule has 0 saturated carbocycles. The van der Waals surface area contributed by atoms with Gasteiger partial charge < -0.3 is 10.6 Å². The number of nitrogens with zero attached hydrogens (tertiary/aromatic N) is 1. The molecule has 2 amide bonds. The number of carbonyl (C=O) groups excluding carboxylic acids is 1. The third kappa shape index (κ3) is 4.84. The number of pyridine rings is 1. The molecule has 0 spiro atoms. The van der Waals surface area contributed by atoms with Crippen LogP contribution in [0.15, 0.2) is 113 Å². The van der Waals surface area contributed by atoms with Crippen molar-refractivity contribution in [1.29, 1.82) is 0 Å². The monoisotopic (exact) mass is 443 g/mol. The van der Waals surface area contributed by atoms with Gasteiger partial charge in [-0.3, -0.25) is 4.98 Å². The second-order valence-corrected chi connectivity index (χ2v) is 8.97. The molecule has 0 saturated heterocycles. The van der Waals surface area contributed by atoms with Crippen molar-refractivity contribution in [3.63, 3.8) is 0 Å². The number of rotatable bonds is 6. The summed E-state index contributed by atoms with van der Waals surface area (Å²) in [6, 6.07) is 25.7. The first-order valence-corrected chi connectivity index (χ1v) is 11.5. The molecule has 0 aliphatic carbocycles. The standard InChI is InChI=1S/C25H21N3O3S/c29-25(27-18-19-14-16-26-17-15-19)28-21-10-12-22(13-11-21)32(30,31)24-9-5-4-8-23(24)20-6-2-1-3-7-20/h1-17H,18H2,(H2,27,28,29). The van der Waals surface area contributed by atoms with Gasteiger partial charge in [0, 0.05) is 30.2 Å². The first-order valence-electron chi connectivity index (χ1n) is 9.97. The lowest BCUT2D eigenvalue weighted by Gasteiger charge is -2.12. The fourth-order valence-electron chi connectivity index (χ4n) is 3.26. The Balaban J connectivity index is 1.50. The molecule has 0 bridgehead atoms. The Kier molecular flexibility index (Phi) is 6.28. The molecule has 0 atom stereocenters. The van der Waals surface area contributed by atoms with Crippen LogP contribution in [0.5, 0.6) is 0 Å². The van der Waals surface area contributed by atoms with Crippen LogP contribution in [0.2, 0.25) is 0 Å². The van der Waals surface area contributed by atoms with Crippen LogP contribution in [0.1, 0.15) is 5.56 Å². The molecule has 4 rings (SSSR count). The average Bonchev–Trinajstić information content (AvgIpc) is 2.84. The van der Waals surface area contributed by atoms with Crippen molar-refractivity contribution >= 4 is 21.6 Å². The third-order valence-corrected chi connectivity index (χ3v) is 6.71. The summed E-state index contributed by atoms with van der Waals surface area (Å²) in [5.41, 5.74) is 2.89. The van der Waals surface area contributed by atoms with E-state index in [0.717, 1.165) is 11.1 Å². The smallest absolute Gasteiger partial charge is 0.319 e. The molecular formula is C25H21N3O3S. The Bertz CT molecular complexity index is 1310. The van der Waals surface area contributed by atoms with E-state index in [2.05, 4.69) is 15.6 Å². The van der Waals surface area contributed by atoms with E-state index in [9.17, 15) is 13.2 Å². The van der Waals surface area contributed by atoms with E-state index in [1.165, 1.54) is 12.1 Å². The van der Waals surface area contributed by atoms with Gasteiger partial charge in [0.05, 0.1) is 9.79 Å². The van der Waals surface area contributed by atoms with Gasteiger partial charge in [-0.05, 0) is 53.6 Å². The molecule has 6 nitrogen and oxygen atoms in total. The second-order valence-electron chi connectivity index (χ2n) is 7.05. The van der Waals surface area contributed by atoms with E-state index in [-0.39, 0.29) is 15.8 Å². The highest BCUT2D eigenvalue weighted by Gasteiger charge is 2.21. The minimum atomic E-state index is -3.74. The fraction of sp³-hybridized carbons (Fsp3) is 0.0400. The van der Waals surface area contributed by atoms with Crippen molar-refractivity contribution < 1.29 is 13.2 Å². The molecule has 3 aromatic carbocycles. The topological polar surface area (TPSA) is 88.2 Å². The van der Waals surface area contributed by atoms with Crippen molar-refractivity contribution in [3.8, 4) is 11.1 Å². The molecule has 0 aliphatic heterocycles. The van der Waals surface area contributed by atoms with Crippen LogP contribution in [0.25, 0.3) is 11.1 Å². The Morgan fingerprint density at radius 3 is 2.16 bits per heavy atom. The van der Waals surface area contributed by atoms with E-state index in [0.29, 0.717) is 17.8 Å². The highest BCUT2D eigenvalue weighted by atomic mass is 32.2. The number of hydrogen-bond acceptors (Lipinski definition) is 4. The highest BCUT2D eigenvalue weighted by molar-refractivity contribution is 7.91. The van der Waals surface area contributed by atoms with Gasteiger partial charge in [0.25, 0.3) is 0 Å². The molecule has 7 heteroatoms. The van der Waals surface area contributed by atoms with E-state index < -0.39 is 9.84 Å². The Hall–Kier alpha value is -3.97. The zero-order valence-corrected chi connectivity index (χ0v) is 17.9. The summed E-state index contributed by atoms with van der Waals surface area (Å²) in [7, 11) is -3.74. The van der Waals surface area contributed by atoms with Gasteiger partial charge in [-0.25, -0.2) is 13.2 Å². The SMILES string of the molecule is O=C(NCc1ccncc1)Nc1ccc(S(=O)(=O)c2ccccc2-c2ccccc2)cc1. The van der Waals surface area contributed by atoms with Gasteiger partial charge in [-0.1, -0.05) is 48.5 Å². The van der Waals surface area contributed by atoms with Gasteiger partial charge >= 0.3 is 6.03 Å². The van der Waals surface area contributed by atoms with Crippen LogP contribution in [-0.4, -0.2) is 19.4 Å². The Labute approximate surface area is 186 Å². The van der Waals surface area contributed by atoms with Crippen molar-refractivity contribution in [2.45, 2.75) is 16.3 Å². The number of benzene rings is 3. The van der Waals surface area contributed by atoms with Gasteiger partial charge in [-0.2, -0.15) is 0 Å². The highest BCUT2D eigenvalue weighted by Crippen LogP contribution is 2.31. The zero-order chi connectivity index (χ0) is 22.4. The summed E-state index contributed by atoms with van der Waals surface area (Å²) >= 11 is 0. The predicted molar refractivity (Wildman–Crippen MR) is 124 cm³/mol. The summed E-state index contributed by atoms with van der Waals surface area (Å²) in [5, 5.41) is 5.46. The minimum Gasteiger partial charge on any atom is -0.334 e.